The smallest absolute Gasteiger partial charge is 0.326 e. The molecule has 0 radical (unpaired) electrons. The Bertz CT molecular complexity index is 2420. The van der Waals surface area contributed by atoms with Gasteiger partial charge in [-0.2, -0.15) is 0 Å². The molecule has 30 heteroatoms. The molecule has 0 unspecified atom stereocenters. The van der Waals surface area contributed by atoms with Gasteiger partial charge in [-0.3, -0.25) is 53.4 Å². The zero-order chi connectivity index (χ0) is 58.3. The average Bonchev–Trinajstić information content (AvgIpc) is 3.34. The molecule has 0 aliphatic rings. The fraction of sp³-hybridized carbons (Fsp3) is 0.489. The number of hydrogen-bond acceptors (Lipinski definition) is 17. The van der Waals surface area contributed by atoms with Crippen LogP contribution in [0.3, 0.4) is 0 Å². The van der Waals surface area contributed by atoms with Crippen molar-refractivity contribution in [3.8, 4) is 11.5 Å². The zero-order valence-corrected chi connectivity index (χ0v) is 42.4. The molecule has 0 saturated heterocycles. The number of nitrogens with two attached hydrogens (primary N) is 2. The topological polar surface area (TPSA) is 514 Å². The van der Waals surface area contributed by atoms with E-state index in [0.717, 1.165) is 20.8 Å². The highest BCUT2D eigenvalue weighted by Crippen LogP contribution is 2.15. The van der Waals surface area contributed by atoms with E-state index in [1.807, 2.05) is 0 Å². The molecule has 77 heavy (non-hydrogen) atoms. The van der Waals surface area contributed by atoms with Gasteiger partial charge in [0.25, 0.3) is 0 Å². The number of benzene rings is 2. The summed E-state index contributed by atoms with van der Waals surface area (Å²) in [5.41, 5.74) is 11.9. The van der Waals surface area contributed by atoms with Gasteiger partial charge in [-0.05, 0) is 82.3 Å². The monoisotopic (exact) mass is 1090 g/mol. The fourth-order valence-corrected chi connectivity index (χ4v) is 6.94. The molecular formula is C47H68N12O18. The summed E-state index contributed by atoms with van der Waals surface area (Å²) in [4.78, 5) is 143. The second kappa shape index (κ2) is 31.3. The lowest BCUT2D eigenvalue weighted by molar-refractivity contribution is -0.142. The predicted molar refractivity (Wildman–Crippen MR) is 268 cm³/mol. The standard InChI is InChI=1S/C47H68N12O18/c1-21(52-40(70)29(48)6-5-17-51-47(49)50)38(68)54-30(15-16-34(64)65)41(71)55-32(20-35(66)67)43(73)59-36(23(3)60)44(74)53-22(2)39(69)58-37(24(4)61)45(75)56-31(18-25-7-11-27(62)12-8-25)42(72)57-33(46(76)77)19-26-9-13-28(63)14-10-26/h7-14,21-24,29-33,36-37,60-63H,5-6,15-20,48H2,1-4H3,(H,52,70)(H,53,74)(H,54,68)(H,55,71)(H,56,75)(H,57,72)(H,58,69)(H,59,73)(H,64,65)(H,66,67)(H,76,77)(H4,49,50,51)/t21-,22-,23+,24+,29-,30-,31-,32-,33-,36-,37-/m0/s1. The lowest BCUT2D eigenvalue weighted by Gasteiger charge is -2.28. The Kier molecular flexibility index (Phi) is 26.2. The van der Waals surface area contributed by atoms with Gasteiger partial charge in [0.1, 0.15) is 59.8 Å². The number of carbonyl (C=O) groups is 11. The quantitative estimate of drug-likeness (QED) is 0.0185. The van der Waals surface area contributed by atoms with Gasteiger partial charge in [0.15, 0.2) is 5.96 Å². The maximum absolute atomic E-state index is 13.7. The summed E-state index contributed by atoms with van der Waals surface area (Å²) in [5, 5.41) is 97.0. The normalized spacial score (nSPS) is 15.2. The van der Waals surface area contributed by atoms with Gasteiger partial charge >= 0.3 is 17.9 Å². The van der Waals surface area contributed by atoms with Crippen LogP contribution < -0.4 is 59.3 Å². The first-order valence-electron chi connectivity index (χ1n) is 23.8. The van der Waals surface area contributed by atoms with Crippen LogP contribution in [-0.2, 0) is 65.6 Å². The Hall–Kier alpha value is -8.64. The minimum Gasteiger partial charge on any atom is -0.508 e. The molecule has 0 heterocycles. The lowest BCUT2D eigenvalue weighted by atomic mass is 10.0. The van der Waals surface area contributed by atoms with Crippen LogP contribution in [0.5, 0.6) is 11.5 Å². The molecule has 2 rings (SSSR count). The Morgan fingerprint density at radius 3 is 1.38 bits per heavy atom. The number of aliphatic hydroxyl groups excluding tert-OH is 2. The van der Waals surface area contributed by atoms with Crippen molar-refractivity contribution in [2.75, 3.05) is 6.54 Å². The fourth-order valence-electron chi connectivity index (χ4n) is 6.94. The van der Waals surface area contributed by atoms with Gasteiger partial charge in [-0.15, -0.1) is 0 Å². The van der Waals surface area contributed by atoms with E-state index in [0.29, 0.717) is 17.5 Å². The minimum atomic E-state index is -2.06. The lowest BCUT2D eigenvalue weighted by Crippen LogP contribution is -2.62. The first-order valence-corrected chi connectivity index (χ1v) is 23.8. The molecule has 0 aliphatic heterocycles. The SMILES string of the molecule is C[C@H](NC(=O)[C@@H](NC(=O)[C@H](CC(=O)O)NC(=O)[C@H](CCC(=O)O)NC(=O)[C@H](C)NC(=O)[C@@H](N)CCCNC(=N)N)[C@@H](C)O)C(=O)N[C@H](C(=O)N[C@@H](Cc1ccc(O)cc1)C(=O)N[C@@H](Cc1ccc(O)cc1)C(=O)O)[C@@H](C)O. The Morgan fingerprint density at radius 2 is 0.909 bits per heavy atom. The Morgan fingerprint density at radius 1 is 0.506 bits per heavy atom. The number of hydrogen-bond donors (Lipinski definition) is 19. The Balaban J connectivity index is 2.23. The van der Waals surface area contributed by atoms with Crippen molar-refractivity contribution in [1.29, 1.82) is 5.41 Å². The van der Waals surface area contributed by atoms with Crippen molar-refractivity contribution in [3.05, 3.63) is 59.7 Å². The minimum absolute atomic E-state index is 0.0948. The summed E-state index contributed by atoms with van der Waals surface area (Å²) in [6.07, 6.45) is -6.14. The number of aromatic hydroxyl groups is 2. The average molecular weight is 1090 g/mol. The molecule has 0 aliphatic carbocycles. The van der Waals surface area contributed by atoms with Gasteiger partial charge in [0.2, 0.25) is 47.3 Å². The van der Waals surface area contributed by atoms with E-state index in [9.17, 15) is 88.5 Å². The van der Waals surface area contributed by atoms with E-state index in [2.05, 4.69) is 47.9 Å². The first kappa shape index (κ1) is 64.5. The first-order chi connectivity index (χ1) is 36.0. The zero-order valence-electron chi connectivity index (χ0n) is 42.4. The van der Waals surface area contributed by atoms with Crippen molar-refractivity contribution in [3.63, 3.8) is 0 Å². The van der Waals surface area contributed by atoms with Crippen LogP contribution in [0.15, 0.2) is 48.5 Å². The molecule has 424 valence electrons. The summed E-state index contributed by atoms with van der Waals surface area (Å²) in [6, 6.07) is -4.07. The number of phenolic OH excluding ortho intramolecular Hbond substituents is 2. The highest BCUT2D eigenvalue weighted by Gasteiger charge is 2.37. The molecule has 8 amide bonds. The summed E-state index contributed by atoms with van der Waals surface area (Å²) < 4.78 is 0. The van der Waals surface area contributed by atoms with Crippen molar-refractivity contribution in [1.82, 2.24) is 47.9 Å². The number of aliphatic carboxylic acids is 3. The van der Waals surface area contributed by atoms with Crippen molar-refractivity contribution >= 4 is 71.1 Å². The molecule has 0 fully saturated rings. The summed E-state index contributed by atoms with van der Waals surface area (Å²) in [7, 11) is 0. The molecule has 21 N–H and O–H groups in total. The third-order valence-electron chi connectivity index (χ3n) is 11.3. The van der Waals surface area contributed by atoms with Crippen molar-refractivity contribution < 1.29 is 88.5 Å². The van der Waals surface area contributed by atoms with Gasteiger partial charge in [-0.1, -0.05) is 24.3 Å². The maximum Gasteiger partial charge on any atom is 0.326 e. The van der Waals surface area contributed by atoms with Crippen LogP contribution in [0.4, 0.5) is 0 Å². The van der Waals surface area contributed by atoms with E-state index in [1.165, 1.54) is 55.5 Å². The number of carbonyl (C=O) groups excluding carboxylic acids is 8. The number of nitrogens with one attached hydrogen (secondary N) is 10. The van der Waals surface area contributed by atoms with Crippen LogP contribution in [0.2, 0.25) is 0 Å². The number of guanidine groups is 1. The number of aliphatic hydroxyl groups is 2. The van der Waals surface area contributed by atoms with Gasteiger partial charge < -0.3 is 95.1 Å². The van der Waals surface area contributed by atoms with Gasteiger partial charge in [0, 0.05) is 25.8 Å². The van der Waals surface area contributed by atoms with Crippen molar-refractivity contribution in [2.24, 2.45) is 11.5 Å². The number of carboxylic acids is 3. The molecular weight excluding hydrogens is 1020 g/mol. The third-order valence-corrected chi connectivity index (χ3v) is 11.3. The highest BCUT2D eigenvalue weighted by molar-refractivity contribution is 5.99. The second-order valence-corrected chi connectivity index (χ2v) is 17.9. The molecule has 0 spiro atoms. The molecule has 2 aromatic rings. The van der Waals surface area contributed by atoms with Crippen LogP contribution in [0, 0.1) is 5.41 Å². The highest BCUT2D eigenvalue weighted by atomic mass is 16.4. The Labute approximate surface area is 440 Å². The third kappa shape index (κ3) is 23.2. The van der Waals surface area contributed by atoms with Crippen molar-refractivity contribution in [2.45, 2.75) is 139 Å². The van der Waals surface area contributed by atoms with Crippen LogP contribution in [0.1, 0.15) is 70.9 Å². The number of phenols is 2. The summed E-state index contributed by atoms with van der Waals surface area (Å²) >= 11 is 0. The summed E-state index contributed by atoms with van der Waals surface area (Å²) in [6.45, 7) is 4.63. The van der Waals surface area contributed by atoms with Crippen LogP contribution in [-0.4, -0.2) is 180 Å². The molecule has 30 nitrogen and oxygen atoms in total. The molecule has 0 aromatic heterocycles. The van der Waals surface area contributed by atoms with E-state index in [1.54, 1.807) is 0 Å². The number of amides is 8. The largest absolute Gasteiger partial charge is 0.508 e. The van der Waals surface area contributed by atoms with Gasteiger partial charge in [-0.25, -0.2) is 4.79 Å². The number of rotatable bonds is 32. The second-order valence-electron chi connectivity index (χ2n) is 17.9. The van der Waals surface area contributed by atoms with Crippen LogP contribution >= 0.6 is 0 Å². The number of carboxylic acid groups (broad SMARTS) is 3. The summed E-state index contributed by atoms with van der Waals surface area (Å²) in [5.74, 6) is -14.2. The molecule has 11 atom stereocenters. The predicted octanol–water partition coefficient (Wildman–Crippen LogP) is -5.42. The van der Waals surface area contributed by atoms with Gasteiger partial charge in [0.05, 0.1) is 24.7 Å². The molecule has 2 aromatic carbocycles. The van der Waals surface area contributed by atoms with Crippen LogP contribution in [0.25, 0.3) is 0 Å². The van der Waals surface area contributed by atoms with E-state index < -0.39 is 151 Å². The van der Waals surface area contributed by atoms with E-state index >= 15 is 0 Å². The van der Waals surface area contributed by atoms with E-state index in [-0.39, 0.29) is 43.3 Å². The molecule has 0 saturated carbocycles. The molecule has 0 bridgehead atoms. The maximum atomic E-state index is 13.7. The van der Waals surface area contributed by atoms with E-state index in [4.69, 9.17) is 16.9 Å².